The Morgan fingerprint density at radius 3 is 3.05 bits per heavy atom. The number of anilines is 2. The molecule has 0 unspecified atom stereocenters. The Morgan fingerprint density at radius 2 is 2.35 bits per heavy atom. The second kappa shape index (κ2) is 7.20. The van der Waals surface area contributed by atoms with Crippen LogP contribution in [-0.2, 0) is 4.79 Å². The molecule has 0 aliphatic heterocycles. The van der Waals surface area contributed by atoms with Crippen LogP contribution in [0.3, 0.4) is 0 Å². The van der Waals surface area contributed by atoms with Gasteiger partial charge < -0.3 is 11.1 Å². The molecule has 2 rings (SSSR count). The van der Waals surface area contributed by atoms with E-state index in [4.69, 9.17) is 5.73 Å². The zero-order valence-electron chi connectivity index (χ0n) is 10.5. The van der Waals surface area contributed by atoms with Crippen LogP contribution >= 0.6 is 23.1 Å². The lowest BCUT2D eigenvalue weighted by molar-refractivity contribution is -0.116. The summed E-state index contributed by atoms with van der Waals surface area (Å²) in [5.41, 5.74) is 7.95. The molecule has 5 nitrogen and oxygen atoms in total. The molecule has 0 saturated heterocycles. The highest BCUT2D eigenvalue weighted by molar-refractivity contribution is 8.00. The van der Waals surface area contributed by atoms with Gasteiger partial charge in [0.25, 0.3) is 0 Å². The number of carbonyl (C=O) groups is 1. The lowest BCUT2D eigenvalue weighted by Crippen LogP contribution is -2.12. The highest BCUT2D eigenvalue weighted by Gasteiger charge is 2.06. The van der Waals surface area contributed by atoms with Crippen LogP contribution in [0.1, 0.15) is 12.8 Å². The molecule has 8 heteroatoms. The van der Waals surface area contributed by atoms with Gasteiger partial charge in [-0.1, -0.05) is 23.1 Å². The third-order valence-electron chi connectivity index (χ3n) is 2.40. The second-order valence-corrected chi connectivity index (χ2v) is 6.11. The minimum atomic E-state index is -0.422. The molecule has 0 atom stereocenters. The average Bonchev–Trinajstić information content (AvgIpc) is 2.91. The van der Waals surface area contributed by atoms with E-state index in [0.717, 1.165) is 16.5 Å². The number of rotatable bonds is 6. The van der Waals surface area contributed by atoms with Crippen molar-refractivity contribution in [3.63, 3.8) is 0 Å². The molecular formula is C12H13FN4OS2. The first-order chi connectivity index (χ1) is 9.65. The Bertz CT molecular complexity index is 577. The van der Waals surface area contributed by atoms with E-state index >= 15 is 0 Å². The Balaban J connectivity index is 1.72. The molecule has 1 aromatic carbocycles. The van der Waals surface area contributed by atoms with Crippen LogP contribution < -0.4 is 11.1 Å². The van der Waals surface area contributed by atoms with E-state index in [2.05, 4.69) is 15.5 Å². The van der Waals surface area contributed by atoms with Crippen molar-refractivity contribution < 1.29 is 9.18 Å². The summed E-state index contributed by atoms with van der Waals surface area (Å²) in [6.45, 7) is 0. The van der Waals surface area contributed by atoms with Crippen LogP contribution in [0.4, 0.5) is 15.8 Å². The second-order valence-electron chi connectivity index (χ2n) is 3.94. The number of nitrogens with zero attached hydrogens (tertiary/aromatic N) is 2. The van der Waals surface area contributed by atoms with Gasteiger partial charge in [-0.15, -0.1) is 10.2 Å². The number of benzene rings is 1. The van der Waals surface area contributed by atoms with Gasteiger partial charge in [-0.3, -0.25) is 4.79 Å². The van der Waals surface area contributed by atoms with Gasteiger partial charge in [0.05, 0.1) is 11.4 Å². The van der Waals surface area contributed by atoms with Crippen molar-refractivity contribution >= 4 is 40.4 Å². The molecule has 0 spiro atoms. The van der Waals surface area contributed by atoms with Crippen molar-refractivity contribution in [3.05, 3.63) is 29.5 Å². The predicted molar refractivity (Wildman–Crippen MR) is 79.3 cm³/mol. The van der Waals surface area contributed by atoms with Crippen LogP contribution in [0.2, 0.25) is 0 Å². The van der Waals surface area contributed by atoms with Crippen molar-refractivity contribution in [3.8, 4) is 0 Å². The Hall–Kier alpha value is -1.67. The van der Waals surface area contributed by atoms with Crippen molar-refractivity contribution in [2.24, 2.45) is 0 Å². The molecular weight excluding hydrogens is 299 g/mol. The molecule has 3 N–H and O–H groups in total. The summed E-state index contributed by atoms with van der Waals surface area (Å²) < 4.78 is 13.8. The molecule has 0 aliphatic rings. The summed E-state index contributed by atoms with van der Waals surface area (Å²) in [6.07, 6.45) is 1.10. The SMILES string of the molecule is Nc1cc(F)ccc1NC(=O)CCCSc1nncs1. The average molecular weight is 312 g/mol. The number of nitrogens with one attached hydrogen (secondary N) is 1. The summed E-state index contributed by atoms with van der Waals surface area (Å²) in [7, 11) is 0. The number of nitrogens with two attached hydrogens (primary N) is 1. The molecule has 0 radical (unpaired) electrons. The number of halogens is 1. The number of amides is 1. The van der Waals surface area contributed by atoms with Crippen LogP contribution in [0, 0.1) is 5.82 Å². The topological polar surface area (TPSA) is 80.9 Å². The highest BCUT2D eigenvalue weighted by atomic mass is 32.2. The monoisotopic (exact) mass is 312 g/mol. The van der Waals surface area contributed by atoms with Gasteiger partial charge in [0.2, 0.25) is 5.91 Å². The number of thioether (sulfide) groups is 1. The smallest absolute Gasteiger partial charge is 0.224 e. The van der Waals surface area contributed by atoms with E-state index < -0.39 is 5.82 Å². The minimum Gasteiger partial charge on any atom is -0.397 e. The van der Waals surface area contributed by atoms with E-state index in [1.807, 2.05) is 0 Å². The summed E-state index contributed by atoms with van der Waals surface area (Å²) in [4.78, 5) is 11.7. The largest absolute Gasteiger partial charge is 0.397 e. The van der Waals surface area contributed by atoms with Crippen LogP contribution in [-0.4, -0.2) is 21.9 Å². The zero-order chi connectivity index (χ0) is 14.4. The lowest BCUT2D eigenvalue weighted by Gasteiger charge is -2.07. The molecule has 106 valence electrons. The van der Waals surface area contributed by atoms with E-state index in [9.17, 15) is 9.18 Å². The molecule has 0 fully saturated rings. The first kappa shape index (κ1) is 14.7. The van der Waals surface area contributed by atoms with Gasteiger partial charge in [-0.05, 0) is 24.6 Å². The summed E-state index contributed by atoms with van der Waals surface area (Å²) in [6, 6.07) is 3.90. The maximum Gasteiger partial charge on any atom is 0.224 e. The summed E-state index contributed by atoms with van der Waals surface area (Å²) in [5.74, 6) is 0.233. The Morgan fingerprint density at radius 1 is 1.50 bits per heavy atom. The molecule has 0 aliphatic carbocycles. The standard InChI is InChI=1S/C12H13FN4OS2/c13-8-3-4-10(9(14)6-8)16-11(18)2-1-5-19-12-17-15-7-20-12/h3-4,6-7H,1-2,5,14H2,(H,16,18). The third-order valence-corrected chi connectivity index (χ3v) is 4.35. The fourth-order valence-corrected chi connectivity index (χ4v) is 2.98. The molecule has 0 bridgehead atoms. The Kier molecular flexibility index (Phi) is 5.31. The van der Waals surface area contributed by atoms with Gasteiger partial charge in [-0.25, -0.2) is 4.39 Å². The molecule has 1 aromatic heterocycles. The van der Waals surface area contributed by atoms with E-state index in [1.54, 1.807) is 17.3 Å². The van der Waals surface area contributed by atoms with Crippen molar-refractivity contribution in [1.29, 1.82) is 0 Å². The van der Waals surface area contributed by atoms with E-state index in [0.29, 0.717) is 12.1 Å². The zero-order valence-corrected chi connectivity index (χ0v) is 12.1. The molecule has 20 heavy (non-hydrogen) atoms. The van der Waals surface area contributed by atoms with Crippen LogP contribution in [0.5, 0.6) is 0 Å². The Labute approximate surface area is 123 Å². The minimum absolute atomic E-state index is 0.138. The van der Waals surface area contributed by atoms with Gasteiger partial charge in [0, 0.05) is 12.2 Å². The number of aromatic nitrogens is 2. The molecule has 1 heterocycles. The highest BCUT2D eigenvalue weighted by Crippen LogP contribution is 2.21. The lowest BCUT2D eigenvalue weighted by atomic mass is 10.2. The first-order valence-corrected chi connectivity index (χ1v) is 7.75. The molecule has 1 amide bonds. The first-order valence-electron chi connectivity index (χ1n) is 5.89. The van der Waals surface area contributed by atoms with E-state index in [1.165, 1.54) is 29.5 Å². The fraction of sp³-hybridized carbons (Fsp3) is 0.250. The van der Waals surface area contributed by atoms with Crippen molar-refractivity contribution in [1.82, 2.24) is 10.2 Å². The maximum atomic E-state index is 12.9. The van der Waals surface area contributed by atoms with E-state index in [-0.39, 0.29) is 11.6 Å². The number of carbonyl (C=O) groups excluding carboxylic acids is 1. The molecule has 2 aromatic rings. The third kappa shape index (κ3) is 4.46. The molecule has 0 saturated carbocycles. The normalized spacial score (nSPS) is 10.4. The van der Waals surface area contributed by atoms with Crippen LogP contribution in [0.15, 0.2) is 28.0 Å². The van der Waals surface area contributed by atoms with Crippen LogP contribution in [0.25, 0.3) is 0 Å². The number of hydrogen-bond donors (Lipinski definition) is 2. The fourth-order valence-electron chi connectivity index (χ4n) is 1.48. The summed E-state index contributed by atoms with van der Waals surface area (Å²) >= 11 is 3.05. The quantitative estimate of drug-likeness (QED) is 0.487. The van der Waals surface area contributed by atoms with Gasteiger partial charge in [-0.2, -0.15) is 0 Å². The van der Waals surface area contributed by atoms with Gasteiger partial charge in [0.15, 0.2) is 4.34 Å². The van der Waals surface area contributed by atoms with Gasteiger partial charge in [0.1, 0.15) is 11.3 Å². The number of nitrogen functional groups attached to an aromatic ring is 1. The maximum absolute atomic E-state index is 12.9. The summed E-state index contributed by atoms with van der Waals surface area (Å²) in [5, 5.41) is 10.3. The van der Waals surface area contributed by atoms with Crippen molar-refractivity contribution in [2.75, 3.05) is 16.8 Å². The van der Waals surface area contributed by atoms with Crippen molar-refractivity contribution in [2.45, 2.75) is 17.2 Å². The number of hydrogen-bond acceptors (Lipinski definition) is 6. The predicted octanol–water partition coefficient (Wildman–Crippen LogP) is 2.77. The van der Waals surface area contributed by atoms with Gasteiger partial charge >= 0.3 is 0 Å².